The Labute approximate surface area is 131 Å². The van der Waals surface area contributed by atoms with Gasteiger partial charge in [0.1, 0.15) is 10.8 Å². The Hall–Kier alpha value is -1.79. The summed E-state index contributed by atoms with van der Waals surface area (Å²) >= 11 is 12.1. The maximum atomic E-state index is 10.8. The Morgan fingerprint density at radius 1 is 1.43 bits per heavy atom. The van der Waals surface area contributed by atoms with E-state index in [1.165, 1.54) is 18.2 Å². The molecule has 1 N–H and O–H groups in total. The second kappa shape index (κ2) is 7.85. The fraction of sp³-hybridized carbons (Fsp3) is 0.308. The van der Waals surface area contributed by atoms with Crippen molar-refractivity contribution in [2.75, 3.05) is 6.61 Å². The molecule has 0 aliphatic carbocycles. The number of aliphatic carboxylic acids is 1. The van der Waals surface area contributed by atoms with Crippen LogP contribution in [-0.4, -0.2) is 22.6 Å². The molecular weight excluding hydrogens is 321 g/mol. The van der Waals surface area contributed by atoms with Crippen molar-refractivity contribution in [1.29, 1.82) is 0 Å². The Morgan fingerprint density at radius 3 is 2.62 bits per heavy atom. The third-order valence-electron chi connectivity index (χ3n) is 2.57. The van der Waals surface area contributed by atoms with Crippen LogP contribution in [0.4, 0.5) is 0 Å². The number of nitro groups is 1. The summed E-state index contributed by atoms with van der Waals surface area (Å²) in [6, 6.07) is 3.03. The molecule has 1 aromatic carbocycles. The van der Waals surface area contributed by atoms with Gasteiger partial charge in [-0.05, 0) is 12.1 Å². The zero-order chi connectivity index (χ0) is 16.0. The van der Waals surface area contributed by atoms with Crippen LogP contribution in [0.15, 0.2) is 17.8 Å². The van der Waals surface area contributed by atoms with E-state index in [-0.39, 0.29) is 40.9 Å². The molecule has 1 rings (SSSR count). The lowest BCUT2D eigenvalue weighted by molar-refractivity contribution is -0.425. The van der Waals surface area contributed by atoms with E-state index < -0.39 is 10.9 Å². The van der Waals surface area contributed by atoms with Crippen LogP contribution in [-0.2, 0) is 4.79 Å². The molecule has 0 radical (unpaired) electrons. The van der Waals surface area contributed by atoms with E-state index in [1.807, 2.05) is 0 Å². The first kappa shape index (κ1) is 17.3. The van der Waals surface area contributed by atoms with Gasteiger partial charge in [-0.25, -0.2) is 0 Å². The molecule has 0 bridgehead atoms. The highest BCUT2D eigenvalue weighted by molar-refractivity contribution is 6.43. The summed E-state index contributed by atoms with van der Waals surface area (Å²) in [6.07, 6.45) is 1.42. The van der Waals surface area contributed by atoms with Crippen LogP contribution in [0.2, 0.25) is 10.0 Å². The van der Waals surface area contributed by atoms with Gasteiger partial charge in [0.2, 0.25) is 5.70 Å². The van der Waals surface area contributed by atoms with E-state index >= 15 is 0 Å². The van der Waals surface area contributed by atoms with Crippen LogP contribution in [0.5, 0.6) is 5.75 Å². The third kappa shape index (κ3) is 4.91. The summed E-state index contributed by atoms with van der Waals surface area (Å²) < 4.78 is 5.21. The van der Waals surface area contributed by atoms with E-state index in [4.69, 9.17) is 33.0 Å². The topological polar surface area (TPSA) is 89.7 Å². The van der Waals surface area contributed by atoms with Crippen molar-refractivity contribution < 1.29 is 19.6 Å². The van der Waals surface area contributed by atoms with Gasteiger partial charge in [0.05, 0.1) is 23.0 Å². The van der Waals surface area contributed by atoms with Gasteiger partial charge >= 0.3 is 5.97 Å². The normalized spacial score (nSPS) is 11.3. The van der Waals surface area contributed by atoms with Gasteiger partial charge in [-0.1, -0.05) is 30.1 Å². The first-order valence-corrected chi connectivity index (χ1v) is 6.80. The van der Waals surface area contributed by atoms with Crippen LogP contribution in [0.3, 0.4) is 0 Å². The number of halogens is 2. The van der Waals surface area contributed by atoms with Gasteiger partial charge in [0, 0.05) is 18.1 Å². The predicted molar refractivity (Wildman–Crippen MR) is 79.5 cm³/mol. The molecule has 6 nitrogen and oxygen atoms in total. The lowest BCUT2D eigenvalue weighted by Gasteiger charge is -2.09. The minimum absolute atomic E-state index is 0.00696. The Balaban J connectivity index is 2.99. The minimum Gasteiger partial charge on any atom is -0.491 e. The summed E-state index contributed by atoms with van der Waals surface area (Å²) in [5.41, 5.74) is 0.410. The summed E-state index contributed by atoms with van der Waals surface area (Å²) in [5, 5.41) is 19.5. The van der Waals surface area contributed by atoms with E-state index in [0.29, 0.717) is 5.56 Å². The molecule has 0 atom stereocenters. The first-order chi connectivity index (χ1) is 9.86. The van der Waals surface area contributed by atoms with Crippen molar-refractivity contribution in [1.82, 2.24) is 0 Å². The quantitative estimate of drug-likeness (QED) is 0.604. The van der Waals surface area contributed by atoms with E-state index in [0.717, 1.165) is 0 Å². The molecule has 0 aliphatic rings. The van der Waals surface area contributed by atoms with Crippen molar-refractivity contribution in [3.05, 3.63) is 43.6 Å². The monoisotopic (exact) mass is 333 g/mol. The maximum Gasteiger partial charge on any atom is 0.306 e. The van der Waals surface area contributed by atoms with E-state index in [2.05, 4.69) is 0 Å². The molecule has 0 saturated heterocycles. The molecule has 0 spiro atoms. The standard InChI is InChI=1S/C13H13Cl2NO5/c1-2-9(16(19)20)7-8-3-4-10(13(15)12(8)14)21-6-5-11(17)18/h3-4,7H,2,5-6H2,1H3,(H,17,18)/b9-7+. The first-order valence-electron chi connectivity index (χ1n) is 6.04. The number of carboxylic acid groups (broad SMARTS) is 1. The van der Waals surface area contributed by atoms with Gasteiger partial charge in [0.15, 0.2) is 0 Å². The van der Waals surface area contributed by atoms with Gasteiger partial charge in [-0.2, -0.15) is 0 Å². The largest absolute Gasteiger partial charge is 0.491 e. The molecule has 0 fully saturated rings. The summed E-state index contributed by atoms with van der Waals surface area (Å²) in [5.74, 6) is -0.755. The number of allylic oxidation sites excluding steroid dienone is 1. The molecule has 0 amide bonds. The molecule has 0 aliphatic heterocycles. The average molecular weight is 334 g/mol. The maximum absolute atomic E-state index is 10.8. The molecule has 8 heteroatoms. The summed E-state index contributed by atoms with van der Waals surface area (Å²) in [6.45, 7) is 1.61. The number of benzene rings is 1. The molecule has 0 unspecified atom stereocenters. The number of ether oxygens (including phenoxy) is 1. The second-order valence-electron chi connectivity index (χ2n) is 4.02. The highest BCUT2D eigenvalue weighted by atomic mass is 35.5. The highest BCUT2D eigenvalue weighted by Gasteiger charge is 2.14. The number of hydrogen-bond acceptors (Lipinski definition) is 4. The van der Waals surface area contributed by atoms with Crippen molar-refractivity contribution in [2.45, 2.75) is 19.8 Å². The summed E-state index contributed by atoms with van der Waals surface area (Å²) in [4.78, 5) is 20.7. The fourth-order valence-corrected chi connectivity index (χ4v) is 1.92. The molecule has 0 aromatic heterocycles. The van der Waals surface area contributed by atoms with Crippen molar-refractivity contribution in [2.24, 2.45) is 0 Å². The molecule has 114 valence electrons. The zero-order valence-electron chi connectivity index (χ0n) is 11.1. The number of carbonyl (C=O) groups is 1. The van der Waals surface area contributed by atoms with Crippen LogP contribution >= 0.6 is 23.2 Å². The molecular formula is C13H13Cl2NO5. The van der Waals surface area contributed by atoms with E-state index in [9.17, 15) is 14.9 Å². The Bertz CT molecular complexity index is 586. The van der Waals surface area contributed by atoms with Crippen LogP contribution in [0.25, 0.3) is 6.08 Å². The van der Waals surface area contributed by atoms with Gasteiger partial charge in [0.25, 0.3) is 0 Å². The van der Waals surface area contributed by atoms with Gasteiger partial charge in [-0.3, -0.25) is 14.9 Å². The fourth-order valence-electron chi connectivity index (χ4n) is 1.48. The van der Waals surface area contributed by atoms with Crippen molar-refractivity contribution >= 4 is 35.2 Å². The zero-order valence-corrected chi connectivity index (χ0v) is 12.6. The minimum atomic E-state index is -0.990. The average Bonchev–Trinajstić information content (AvgIpc) is 2.42. The molecule has 21 heavy (non-hydrogen) atoms. The third-order valence-corrected chi connectivity index (χ3v) is 3.45. The number of hydrogen-bond donors (Lipinski definition) is 1. The number of nitrogens with zero attached hydrogens (tertiary/aromatic N) is 1. The van der Waals surface area contributed by atoms with Crippen LogP contribution in [0, 0.1) is 10.1 Å². The highest BCUT2D eigenvalue weighted by Crippen LogP contribution is 2.36. The Morgan fingerprint density at radius 2 is 2.10 bits per heavy atom. The SMILES string of the molecule is CC/C(=C\c1ccc(OCCC(=O)O)c(Cl)c1Cl)[N+](=O)[O-]. The number of carboxylic acids is 1. The predicted octanol–water partition coefficient (Wildman–Crippen LogP) is 3.87. The molecule has 0 saturated carbocycles. The smallest absolute Gasteiger partial charge is 0.306 e. The summed E-state index contributed by atoms with van der Waals surface area (Å²) in [7, 11) is 0. The molecule has 1 aromatic rings. The van der Waals surface area contributed by atoms with Gasteiger partial charge in [-0.15, -0.1) is 0 Å². The lowest BCUT2D eigenvalue weighted by Crippen LogP contribution is -2.05. The van der Waals surface area contributed by atoms with Crippen molar-refractivity contribution in [3.8, 4) is 5.75 Å². The van der Waals surface area contributed by atoms with Crippen LogP contribution < -0.4 is 4.74 Å². The molecule has 0 heterocycles. The lowest BCUT2D eigenvalue weighted by atomic mass is 10.1. The Kier molecular flexibility index (Phi) is 6.45. The van der Waals surface area contributed by atoms with Crippen molar-refractivity contribution in [3.63, 3.8) is 0 Å². The second-order valence-corrected chi connectivity index (χ2v) is 4.78. The number of rotatable bonds is 7. The van der Waals surface area contributed by atoms with E-state index in [1.54, 1.807) is 6.92 Å². The van der Waals surface area contributed by atoms with Crippen LogP contribution in [0.1, 0.15) is 25.3 Å². The van der Waals surface area contributed by atoms with Gasteiger partial charge < -0.3 is 9.84 Å².